The van der Waals surface area contributed by atoms with Gasteiger partial charge in [-0.1, -0.05) is 12.1 Å². The number of nitrogens with one attached hydrogen (secondary N) is 1. The molecule has 0 saturated heterocycles. The van der Waals surface area contributed by atoms with Crippen molar-refractivity contribution in [3.8, 4) is 0 Å². The molecule has 1 aromatic carbocycles. The van der Waals surface area contributed by atoms with Crippen molar-refractivity contribution in [2.24, 2.45) is 0 Å². The summed E-state index contributed by atoms with van der Waals surface area (Å²) in [4.78, 5) is 25.2. The minimum Gasteiger partial charge on any atom is -0.397 e. The molecule has 1 aliphatic rings. The minimum atomic E-state index is -0.140. The summed E-state index contributed by atoms with van der Waals surface area (Å²) in [6, 6.07) is 12.4. The van der Waals surface area contributed by atoms with E-state index >= 15 is 0 Å². The molecule has 0 spiro atoms. The number of hydrogen-bond acceptors (Lipinski definition) is 6. The standard InChI is InChI=1S/C23H24N6OS/c1-15-2-7-18-20(24)21(31-23(18)27-15)22(30)26-9-8-16-3-5-17(6-4-16)29-13-12-28-11-10-25-19(28)14-29/h2-7,10-11H,8-9,12-14,24H2,1H3,(H,26,30). The lowest BCUT2D eigenvalue weighted by molar-refractivity contribution is 0.0959. The molecule has 4 heterocycles. The highest BCUT2D eigenvalue weighted by atomic mass is 32.1. The Hall–Kier alpha value is -3.39. The lowest BCUT2D eigenvalue weighted by Crippen LogP contribution is -2.33. The van der Waals surface area contributed by atoms with Crippen LogP contribution >= 0.6 is 11.3 Å². The Morgan fingerprint density at radius 3 is 2.87 bits per heavy atom. The van der Waals surface area contributed by atoms with Gasteiger partial charge in [-0.25, -0.2) is 9.97 Å². The maximum atomic E-state index is 12.6. The number of benzene rings is 1. The van der Waals surface area contributed by atoms with Crippen molar-refractivity contribution < 1.29 is 4.79 Å². The van der Waals surface area contributed by atoms with Crippen LogP contribution in [0.1, 0.15) is 26.8 Å². The average Bonchev–Trinajstić information content (AvgIpc) is 3.37. The van der Waals surface area contributed by atoms with Gasteiger partial charge in [0.1, 0.15) is 15.5 Å². The van der Waals surface area contributed by atoms with Gasteiger partial charge in [-0.2, -0.15) is 0 Å². The molecule has 5 rings (SSSR count). The first-order valence-electron chi connectivity index (χ1n) is 10.4. The van der Waals surface area contributed by atoms with E-state index in [2.05, 4.69) is 49.0 Å². The van der Waals surface area contributed by atoms with E-state index in [0.29, 0.717) is 17.1 Å². The van der Waals surface area contributed by atoms with E-state index in [0.717, 1.165) is 47.8 Å². The highest BCUT2D eigenvalue weighted by Crippen LogP contribution is 2.32. The number of nitrogens with zero attached hydrogens (tertiary/aromatic N) is 4. The fourth-order valence-corrected chi connectivity index (χ4v) is 4.98. The Kier molecular flexibility index (Phi) is 5.07. The molecule has 1 amide bonds. The van der Waals surface area contributed by atoms with Gasteiger partial charge in [0.25, 0.3) is 5.91 Å². The highest BCUT2D eigenvalue weighted by molar-refractivity contribution is 7.21. The minimum absolute atomic E-state index is 0.140. The molecule has 31 heavy (non-hydrogen) atoms. The molecule has 0 radical (unpaired) electrons. The molecule has 0 bridgehead atoms. The molecule has 0 saturated carbocycles. The van der Waals surface area contributed by atoms with Crippen molar-refractivity contribution in [3.63, 3.8) is 0 Å². The van der Waals surface area contributed by atoms with E-state index in [1.165, 1.54) is 22.6 Å². The average molecular weight is 433 g/mol. The third kappa shape index (κ3) is 3.86. The fourth-order valence-electron chi connectivity index (χ4n) is 3.93. The van der Waals surface area contributed by atoms with E-state index in [1.54, 1.807) is 0 Å². The molecular weight excluding hydrogens is 408 g/mol. The van der Waals surface area contributed by atoms with Crippen molar-refractivity contribution >= 4 is 38.8 Å². The number of imidazole rings is 1. The number of anilines is 2. The normalized spacial score (nSPS) is 13.4. The zero-order chi connectivity index (χ0) is 21.4. The van der Waals surface area contributed by atoms with Crippen LogP contribution < -0.4 is 16.0 Å². The number of fused-ring (bicyclic) bond motifs is 2. The fraction of sp³-hybridized carbons (Fsp3) is 0.261. The zero-order valence-electron chi connectivity index (χ0n) is 17.3. The van der Waals surface area contributed by atoms with Gasteiger partial charge in [0.15, 0.2) is 0 Å². The number of aryl methyl sites for hydroxylation is 1. The number of carbonyl (C=O) groups is 1. The first kappa shape index (κ1) is 19.6. The van der Waals surface area contributed by atoms with E-state index < -0.39 is 0 Å². The molecule has 8 heteroatoms. The van der Waals surface area contributed by atoms with Crippen LogP contribution in [0.15, 0.2) is 48.8 Å². The van der Waals surface area contributed by atoms with Crippen LogP contribution in [-0.4, -0.2) is 33.5 Å². The molecule has 0 aliphatic carbocycles. The second kappa shape index (κ2) is 8.03. The van der Waals surface area contributed by atoms with Gasteiger partial charge in [-0.15, -0.1) is 11.3 Å². The van der Waals surface area contributed by atoms with Crippen molar-refractivity contribution in [1.82, 2.24) is 19.9 Å². The van der Waals surface area contributed by atoms with Gasteiger partial charge in [0.2, 0.25) is 0 Å². The Morgan fingerprint density at radius 1 is 1.19 bits per heavy atom. The molecule has 3 N–H and O–H groups in total. The van der Waals surface area contributed by atoms with Gasteiger partial charge >= 0.3 is 0 Å². The van der Waals surface area contributed by atoms with Crippen LogP contribution in [0.3, 0.4) is 0 Å². The van der Waals surface area contributed by atoms with E-state index in [4.69, 9.17) is 5.73 Å². The predicted octanol–water partition coefficient (Wildman–Crippen LogP) is 3.38. The molecule has 4 aromatic rings. The largest absolute Gasteiger partial charge is 0.397 e. The van der Waals surface area contributed by atoms with Crippen LogP contribution in [-0.2, 0) is 19.5 Å². The first-order valence-corrected chi connectivity index (χ1v) is 11.2. The number of rotatable bonds is 5. The Labute approximate surface area is 184 Å². The van der Waals surface area contributed by atoms with Gasteiger partial charge in [0, 0.05) is 48.8 Å². The molecule has 158 valence electrons. The van der Waals surface area contributed by atoms with Crippen LogP contribution in [0, 0.1) is 6.92 Å². The molecule has 0 fully saturated rings. The number of aromatic nitrogens is 3. The van der Waals surface area contributed by atoms with Gasteiger partial charge < -0.3 is 20.5 Å². The summed E-state index contributed by atoms with van der Waals surface area (Å²) < 4.78 is 2.20. The quantitative estimate of drug-likeness (QED) is 0.505. The summed E-state index contributed by atoms with van der Waals surface area (Å²) in [7, 11) is 0. The second-order valence-corrected chi connectivity index (χ2v) is 8.78. The molecule has 0 unspecified atom stereocenters. The zero-order valence-corrected chi connectivity index (χ0v) is 18.2. The number of nitrogens with two attached hydrogens (primary N) is 1. The highest BCUT2D eigenvalue weighted by Gasteiger charge is 2.18. The first-order chi connectivity index (χ1) is 15.1. The van der Waals surface area contributed by atoms with Crippen LogP contribution in [0.2, 0.25) is 0 Å². The Bertz CT molecular complexity index is 1240. The monoisotopic (exact) mass is 432 g/mol. The second-order valence-electron chi connectivity index (χ2n) is 7.78. The lowest BCUT2D eigenvalue weighted by atomic mass is 10.1. The Balaban J connectivity index is 1.18. The van der Waals surface area contributed by atoms with E-state index in [-0.39, 0.29) is 5.91 Å². The summed E-state index contributed by atoms with van der Waals surface area (Å²) in [6.45, 7) is 5.25. The number of pyridine rings is 1. The van der Waals surface area contributed by atoms with E-state index in [1.807, 2.05) is 31.5 Å². The van der Waals surface area contributed by atoms with Gasteiger partial charge in [-0.05, 0) is 43.2 Å². The van der Waals surface area contributed by atoms with Crippen LogP contribution in [0.4, 0.5) is 11.4 Å². The summed E-state index contributed by atoms with van der Waals surface area (Å²) in [6.07, 6.45) is 4.66. The summed E-state index contributed by atoms with van der Waals surface area (Å²) in [5, 5.41) is 3.84. The third-order valence-corrected chi connectivity index (χ3v) is 6.80. The van der Waals surface area contributed by atoms with E-state index in [9.17, 15) is 4.79 Å². The number of hydrogen-bond donors (Lipinski definition) is 2. The van der Waals surface area contributed by atoms with Crippen molar-refractivity contribution in [2.75, 3.05) is 23.7 Å². The molecule has 0 atom stereocenters. The van der Waals surface area contributed by atoms with Crippen LogP contribution in [0.25, 0.3) is 10.2 Å². The molecule has 7 nitrogen and oxygen atoms in total. The number of thiophene rings is 1. The van der Waals surface area contributed by atoms with Crippen molar-refractivity contribution in [1.29, 1.82) is 0 Å². The third-order valence-electron chi connectivity index (χ3n) is 5.68. The topological polar surface area (TPSA) is 89.1 Å². The summed E-state index contributed by atoms with van der Waals surface area (Å²) in [5.74, 6) is 0.961. The SMILES string of the molecule is Cc1ccc2c(N)c(C(=O)NCCc3ccc(N4CCn5ccnc5C4)cc3)sc2n1. The summed E-state index contributed by atoms with van der Waals surface area (Å²) in [5.41, 5.74) is 9.99. The van der Waals surface area contributed by atoms with Gasteiger partial charge in [0.05, 0.1) is 12.2 Å². The maximum Gasteiger partial charge on any atom is 0.263 e. The van der Waals surface area contributed by atoms with Gasteiger partial charge in [-0.3, -0.25) is 4.79 Å². The van der Waals surface area contributed by atoms with Crippen molar-refractivity contribution in [3.05, 3.63) is 70.8 Å². The number of nitrogen functional groups attached to an aromatic ring is 1. The number of amides is 1. The number of carbonyl (C=O) groups excluding carboxylic acids is 1. The smallest absolute Gasteiger partial charge is 0.263 e. The predicted molar refractivity (Wildman–Crippen MR) is 125 cm³/mol. The molecule has 1 aliphatic heterocycles. The summed E-state index contributed by atoms with van der Waals surface area (Å²) >= 11 is 1.35. The molecular formula is C23H24N6OS. The molecule has 3 aromatic heterocycles. The lowest BCUT2D eigenvalue weighted by Gasteiger charge is -2.29. The van der Waals surface area contributed by atoms with Crippen molar-refractivity contribution in [2.45, 2.75) is 26.4 Å². The van der Waals surface area contributed by atoms with Crippen LogP contribution in [0.5, 0.6) is 0 Å². The maximum absolute atomic E-state index is 12.6. The Morgan fingerprint density at radius 2 is 2.03 bits per heavy atom.